The van der Waals surface area contributed by atoms with Gasteiger partial charge in [-0.25, -0.2) is 0 Å². The molecule has 0 spiro atoms. The summed E-state index contributed by atoms with van der Waals surface area (Å²) in [5.74, 6) is 0.265. The zero-order valence-electron chi connectivity index (χ0n) is 10.5. The maximum absolute atomic E-state index is 12.1. The van der Waals surface area contributed by atoms with Crippen LogP contribution in [0.5, 0.6) is 0 Å². The van der Waals surface area contributed by atoms with Crippen molar-refractivity contribution in [3.63, 3.8) is 0 Å². The fourth-order valence-electron chi connectivity index (χ4n) is 2.30. The summed E-state index contributed by atoms with van der Waals surface area (Å²) < 4.78 is 0. The normalized spacial score (nSPS) is 15.5. The average Bonchev–Trinajstić information content (AvgIpc) is 2.40. The van der Waals surface area contributed by atoms with Crippen LogP contribution in [-0.4, -0.2) is 5.78 Å². The molecule has 0 saturated carbocycles. The number of carbonyl (C=O) groups is 1. The minimum Gasteiger partial charge on any atom is -0.294 e. The van der Waals surface area contributed by atoms with Crippen LogP contribution in [0.1, 0.15) is 54.9 Å². The minimum absolute atomic E-state index is 0.265. The van der Waals surface area contributed by atoms with E-state index in [-0.39, 0.29) is 5.78 Å². The largest absolute Gasteiger partial charge is 0.294 e. The lowest BCUT2D eigenvalue weighted by Crippen LogP contribution is -2.03. The van der Waals surface area contributed by atoms with Gasteiger partial charge in [0.25, 0.3) is 0 Å². The number of hydrogen-bond acceptors (Lipinski definition) is 1. The first-order valence-electron chi connectivity index (χ1n) is 6.59. The number of carbonyl (C=O) groups excluding carboxylic acids is 1. The first-order valence-corrected chi connectivity index (χ1v) is 6.59. The summed E-state index contributed by atoms with van der Waals surface area (Å²) >= 11 is 0. The van der Waals surface area contributed by atoms with Crippen molar-refractivity contribution >= 4 is 5.78 Å². The summed E-state index contributed by atoms with van der Waals surface area (Å²) in [7, 11) is 0. The lowest BCUT2D eigenvalue weighted by atomic mass is 9.93. The van der Waals surface area contributed by atoms with E-state index in [4.69, 9.17) is 0 Å². The quantitative estimate of drug-likeness (QED) is 0.554. The van der Waals surface area contributed by atoms with Gasteiger partial charge in [-0.1, -0.05) is 42.8 Å². The molecular formula is C16H20O. The molecule has 17 heavy (non-hydrogen) atoms. The monoisotopic (exact) mass is 228 g/mol. The molecule has 0 unspecified atom stereocenters. The predicted molar refractivity (Wildman–Crippen MR) is 71.3 cm³/mol. The highest BCUT2D eigenvalue weighted by Gasteiger charge is 2.10. The topological polar surface area (TPSA) is 17.1 Å². The molecule has 1 nitrogen and oxygen atoms in total. The van der Waals surface area contributed by atoms with Crippen LogP contribution >= 0.6 is 0 Å². The van der Waals surface area contributed by atoms with E-state index in [1.54, 1.807) is 0 Å². The van der Waals surface area contributed by atoms with Crippen molar-refractivity contribution in [2.45, 2.75) is 45.4 Å². The SMILES string of the molecule is CCc1ccc(C(=O)CC2=CCCCC2)cc1. The number of hydrogen-bond donors (Lipinski definition) is 0. The van der Waals surface area contributed by atoms with Gasteiger partial charge in [0.05, 0.1) is 0 Å². The summed E-state index contributed by atoms with van der Waals surface area (Å²) in [4.78, 5) is 12.1. The Hall–Kier alpha value is -1.37. The van der Waals surface area contributed by atoms with Gasteiger partial charge in [0, 0.05) is 12.0 Å². The van der Waals surface area contributed by atoms with Crippen molar-refractivity contribution in [2.24, 2.45) is 0 Å². The molecule has 0 atom stereocenters. The van der Waals surface area contributed by atoms with Crippen molar-refractivity contribution in [1.82, 2.24) is 0 Å². The Balaban J connectivity index is 2.01. The highest BCUT2D eigenvalue weighted by molar-refractivity contribution is 5.97. The van der Waals surface area contributed by atoms with E-state index in [0.29, 0.717) is 6.42 Å². The summed E-state index contributed by atoms with van der Waals surface area (Å²) in [5.41, 5.74) is 3.48. The van der Waals surface area contributed by atoms with Gasteiger partial charge in [0.15, 0.2) is 5.78 Å². The number of benzene rings is 1. The molecule has 1 aromatic carbocycles. The van der Waals surface area contributed by atoms with Gasteiger partial charge in [0.2, 0.25) is 0 Å². The minimum atomic E-state index is 0.265. The Morgan fingerprint density at radius 3 is 2.53 bits per heavy atom. The molecule has 90 valence electrons. The molecule has 1 aliphatic rings. The third-order valence-corrected chi connectivity index (χ3v) is 3.46. The Bertz CT molecular complexity index is 412. The maximum atomic E-state index is 12.1. The summed E-state index contributed by atoms with van der Waals surface area (Å²) in [6.07, 6.45) is 8.68. The van der Waals surface area contributed by atoms with E-state index < -0.39 is 0 Å². The van der Waals surface area contributed by atoms with Crippen LogP contribution in [0.4, 0.5) is 0 Å². The Morgan fingerprint density at radius 1 is 1.18 bits per heavy atom. The third kappa shape index (κ3) is 3.29. The average molecular weight is 228 g/mol. The molecule has 0 fully saturated rings. The van der Waals surface area contributed by atoms with Crippen LogP contribution < -0.4 is 0 Å². The van der Waals surface area contributed by atoms with E-state index in [2.05, 4.69) is 25.1 Å². The fraction of sp³-hybridized carbons (Fsp3) is 0.438. The molecule has 1 heteroatoms. The summed E-state index contributed by atoms with van der Waals surface area (Å²) in [6, 6.07) is 8.04. The Kier molecular flexibility index (Phi) is 4.13. The first kappa shape index (κ1) is 12.1. The molecular weight excluding hydrogens is 208 g/mol. The molecule has 0 aliphatic heterocycles. The second-order valence-corrected chi connectivity index (χ2v) is 4.76. The maximum Gasteiger partial charge on any atom is 0.166 e. The van der Waals surface area contributed by atoms with Crippen LogP contribution in [-0.2, 0) is 6.42 Å². The number of rotatable bonds is 4. The van der Waals surface area contributed by atoms with Crippen LogP contribution in [0.3, 0.4) is 0 Å². The van der Waals surface area contributed by atoms with Crippen molar-refractivity contribution in [1.29, 1.82) is 0 Å². The lowest BCUT2D eigenvalue weighted by Gasteiger charge is -2.11. The van der Waals surface area contributed by atoms with Gasteiger partial charge in [0.1, 0.15) is 0 Å². The van der Waals surface area contributed by atoms with Gasteiger partial charge in [-0.2, -0.15) is 0 Å². The van der Waals surface area contributed by atoms with Gasteiger partial charge in [-0.15, -0.1) is 0 Å². The fourth-order valence-corrected chi connectivity index (χ4v) is 2.30. The molecule has 0 radical (unpaired) electrons. The van der Waals surface area contributed by atoms with Crippen LogP contribution in [0, 0.1) is 0 Å². The van der Waals surface area contributed by atoms with Gasteiger partial charge >= 0.3 is 0 Å². The van der Waals surface area contributed by atoms with Crippen LogP contribution in [0.25, 0.3) is 0 Å². The van der Waals surface area contributed by atoms with Crippen LogP contribution in [0.15, 0.2) is 35.9 Å². The van der Waals surface area contributed by atoms with Gasteiger partial charge in [-0.3, -0.25) is 4.79 Å². The van der Waals surface area contributed by atoms with E-state index in [9.17, 15) is 4.79 Å². The van der Waals surface area contributed by atoms with Crippen molar-refractivity contribution in [3.8, 4) is 0 Å². The second kappa shape index (κ2) is 5.81. The molecule has 0 N–H and O–H groups in total. The molecule has 1 aromatic rings. The van der Waals surface area contributed by atoms with Gasteiger partial charge in [-0.05, 0) is 37.7 Å². The van der Waals surface area contributed by atoms with Crippen molar-refractivity contribution < 1.29 is 4.79 Å². The van der Waals surface area contributed by atoms with E-state index >= 15 is 0 Å². The van der Waals surface area contributed by atoms with Gasteiger partial charge < -0.3 is 0 Å². The van der Waals surface area contributed by atoms with E-state index in [1.807, 2.05) is 12.1 Å². The third-order valence-electron chi connectivity index (χ3n) is 3.46. The molecule has 0 bridgehead atoms. The highest BCUT2D eigenvalue weighted by atomic mass is 16.1. The lowest BCUT2D eigenvalue weighted by molar-refractivity contribution is 0.0991. The Labute approximate surface area is 104 Å². The number of ketones is 1. The van der Waals surface area contributed by atoms with E-state index in [1.165, 1.54) is 24.0 Å². The van der Waals surface area contributed by atoms with Crippen LogP contribution in [0.2, 0.25) is 0 Å². The molecule has 0 saturated heterocycles. The van der Waals surface area contributed by atoms with Crippen molar-refractivity contribution in [3.05, 3.63) is 47.0 Å². The smallest absolute Gasteiger partial charge is 0.166 e. The highest BCUT2D eigenvalue weighted by Crippen LogP contribution is 2.21. The Morgan fingerprint density at radius 2 is 1.94 bits per heavy atom. The second-order valence-electron chi connectivity index (χ2n) is 4.76. The van der Waals surface area contributed by atoms with E-state index in [0.717, 1.165) is 24.8 Å². The number of aryl methyl sites for hydroxylation is 1. The number of Topliss-reactive ketones (excluding diaryl/α,β-unsaturated/α-hetero) is 1. The zero-order chi connectivity index (χ0) is 12.1. The zero-order valence-corrected chi connectivity index (χ0v) is 10.5. The standard InChI is InChI=1S/C16H20O/c1-2-13-8-10-15(11-9-13)16(17)12-14-6-4-3-5-7-14/h6,8-11H,2-5,7,12H2,1H3. The molecule has 2 rings (SSSR count). The first-order chi connectivity index (χ1) is 8.29. The summed E-state index contributed by atoms with van der Waals surface area (Å²) in [6.45, 7) is 2.13. The number of allylic oxidation sites excluding steroid dienone is 2. The van der Waals surface area contributed by atoms with Crippen molar-refractivity contribution in [2.75, 3.05) is 0 Å². The summed E-state index contributed by atoms with van der Waals surface area (Å²) in [5, 5.41) is 0. The predicted octanol–water partition coefficient (Wildman–Crippen LogP) is 4.32. The molecule has 0 amide bonds. The molecule has 1 aliphatic carbocycles. The molecule has 0 aromatic heterocycles. The molecule has 0 heterocycles.